The molecule has 82 valence electrons. The molecule has 0 radical (unpaired) electrons. The third-order valence-corrected chi connectivity index (χ3v) is 2.33. The van der Waals surface area contributed by atoms with Crippen LogP contribution in [0.1, 0.15) is 18.9 Å². The molecule has 1 aromatic rings. The van der Waals surface area contributed by atoms with Crippen LogP contribution in [0.25, 0.3) is 0 Å². The number of aryl methyl sites for hydroxylation is 1. The molecule has 0 bridgehead atoms. The lowest BCUT2D eigenvalue weighted by molar-refractivity contribution is -0.158. The van der Waals surface area contributed by atoms with Crippen LogP contribution in [0.4, 0.5) is 14.5 Å². The molecule has 1 aliphatic heterocycles. The van der Waals surface area contributed by atoms with Gasteiger partial charge in [-0.05, 0) is 24.5 Å². The number of halogens is 2. The number of para-hydroxylation sites is 1. The Morgan fingerprint density at radius 2 is 2.20 bits per heavy atom. The smallest absolute Gasteiger partial charge is 0.394 e. The van der Waals surface area contributed by atoms with Crippen LogP contribution in [-0.4, -0.2) is 12.7 Å². The molecule has 15 heavy (non-hydrogen) atoms. The third-order valence-electron chi connectivity index (χ3n) is 2.33. The van der Waals surface area contributed by atoms with Crippen LogP contribution in [0.2, 0.25) is 0 Å². The zero-order chi connectivity index (χ0) is 10.9. The van der Waals surface area contributed by atoms with Gasteiger partial charge in [-0.3, -0.25) is 0 Å². The lowest BCUT2D eigenvalue weighted by atomic mass is 10.0. The van der Waals surface area contributed by atoms with E-state index in [1.807, 2.05) is 6.07 Å². The fraction of sp³-hybridized carbons (Fsp3) is 0.455. The van der Waals surface area contributed by atoms with E-state index in [-0.39, 0.29) is 5.75 Å². The first-order chi connectivity index (χ1) is 7.06. The third kappa shape index (κ3) is 2.37. The molecule has 1 heterocycles. The normalized spacial score (nSPS) is 15.4. The lowest BCUT2D eigenvalue weighted by Crippen LogP contribution is -2.21. The second-order valence-electron chi connectivity index (χ2n) is 3.73. The fourth-order valence-corrected chi connectivity index (χ4v) is 1.76. The summed E-state index contributed by atoms with van der Waals surface area (Å²) in [7, 11) is 0. The molecule has 2 rings (SSSR count). The number of nitrogens with one attached hydrogen (secondary N) is 1. The summed E-state index contributed by atoms with van der Waals surface area (Å²) < 4.78 is 30.1. The highest BCUT2D eigenvalue weighted by Crippen LogP contribution is 2.34. The Kier molecular flexibility index (Phi) is 2.50. The Labute approximate surface area is 87.2 Å². The average molecular weight is 213 g/mol. The van der Waals surface area contributed by atoms with Crippen molar-refractivity contribution in [1.82, 2.24) is 0 Å². The van der Waals surface area contributed by atoms with Gasteiger partial charge in [0.2, 0.25) is 0 Å². The van der Waals surface area contributed by atoms with Gasteiger partial charge in [0.05, 0.1) is 5.69 Å². The first-order valence-corrected chi connectivity index (χ1v) is 4.99. The molecule has 0 atom stereocenters. The van der Waals surface area contributed by atoms with E-state index in [0.717, 1.165) is 31.9 Å². The van der Waals surface area contributed by atoms with Crippen LogP contribution in [0, 0.1) is 0 Å². The molecule has 0 unspecified atom stereocenters. The van der Waals surface area contributed by atoms with Gasteiger partial charge >= 0.3 is 6.11 Å². The van der Waals surface area contributed by atoms with Crippen LogP contribution in [0.3, 0.4) is 0 Å². The van der Waals surface area contributed by atoms with E-state index >= 15 is 0 Å². The van der Waals surface area contributed by atoms with Crippen molar-refractivity contribution in [1.29, 1.82) is 0 Å². The summed E-state index contributed by atoms with van der Waals surface area (Å²) in [5.74, 6) is 0.236. The second-order valence-corrected chi connectivity index (χ2v) is 3.73. The molecule has 0 amide bonds. The molecule has 0 fully saturated rings. The number of ether oxygens (including phenoxy) is 1. The van der Waals surface area contributed by atoms with Crippen LogP contribution in [0.5, 0.6) is 5.75 Å². The molecule has 1 N–H and O–H groups in total. The average Bonchev–Trinajstić information content (AvgIpc) is 2.16. The van der Waals surface area contributed by atoms with E-state index in [1.165, 1.54) is 0 Å². The summed E-state index contributed by atoms with van der Waals surface area (Å²) in [5, 5.41) is 3.10. The van der Waals surface area contributed by atoms with Crippen molar-refractivity contribution in [3.8, 4) is 5.75 Å². The Hall–Kier alpha value is -1.32. The van der Waals surface area contributed by atoms with Gasteiger partial charge in [0.15, 0.2) is 0 Å². The monoisotopic (exact) mass is 213 g/mol. The Bertz CT molecular complexity index is 360. The highest BCUT2D eigenvalue weighted by Gasteiger charge is 2.25. The fourth-order valence-electron chi connectivity index (χ4n) is 1.76. The second kappa shape index (κ2) is 3.68. The Morgan fingerprint density at radius 3 is 2.93 bits per heavy atom. The molecular weight excluding hydrogens is 200 g/mol. The van der Waals surface area contributed by atoms with E-state index in [2.05, 4.69) is 10.1 Å². The van der Waals surface area contributed by atoms with Crippen molar-refractivity contribution in [2.24, 2.45) is 0 Å². The van der Waals surface area contributed by atoms with Crippen LogP contribution >= 0.6 is 0 Å². The van der Waals surface area contributed by atoms with E-state index < -0.39 is 6.11 Å². The first-order valence-electron chi connectivity index (χ1n) is 4.99. The molecule has 0 aliphatic carbocycles. The van der Waals surface area contributed by atoms with E-state index in [9.17, 15) is 8.78 Å². The van der Waals surface area contributed by atoms with Crippen molar-refractivity contribution in [3.63, 3.8) is 0 Å². The number of fused-ring (bicyclic) bond motifs is 1. The minimum absolute atomic E-state index is 0.236. The van der Waals surface area contributed by atoms with Gasteiger partial charge in [0.1, 0.15) is 5.75 Å². The summed E-state index contributed by atoms with van der Waals surface area (Å²) in [6.45, 7) is 1.55. The van der Waals surface area contributed by atoms with Crippen molar-refractivity contribution >= 4 is 5.69 Å². The number of rotatable bonds is 2. The number of hydrogen-bond acceptors (Lipinski definition) is 2. The predicted octanol–water partition coefficient (Wildman–Crippen LogP) is 3.04. The maximum atomic E-state index is 12.7. The predicted molar refractivity (Wildman–Crippen MR) is 54.5 cm³/mol. The SMILES string of the molecule is CC(F)(F)Oc1cccc2c1NCCC2. The maximum Gasteiger partial charge on any atom is 0.394 e. The lowest BCUT2D eigenvalue weighted by Gasteiger charge is -2.22. The molecule has 4 heteroatoms. The number of benzene rings is 1. The van der Waals surface area contributed by atoms with Gasteiger partial charge < -0.3 is 10.1 Å². The van der Waals surface area contributed by atoms with Gasteiger partial charge in [0, 0.05) is 13.5 Å². The quantitative estimate of drug-likeness (QED) is 0.815. The van der Waals surface area contributed by atoms with E-state index in [1.54, 1.807) is 12.1 Å². The summed E-state index contributed by atoms with van der Waals surface area (Å²) in [6.07, 6.45) is -1.19. The highest BCUT2D eigenvalue weighted by molar-refractivity contribution is 5.63. The molecule has 0 spiro atoms. The number of alkyl halides is 2. The van der Waals surface area contributed by atoms with E-state index in [4.69, 9.17) is 0 Å². The minimum atomic E-state index is -3.13. The minimum Gasteiger partial charge on any atom is -0.431 e. The van der Waals surface area contributed by atoms with Crippen molar-refractivity contribution in [3.05, 3.63) is 23.8 Å². The standard InChI is InChI=1S/C11H13F2NO/c1-11(12,13)15-9-6-2-4-8-5-3-7-14-10(8)9/h2,4,6,14H,3,5,7H2,1H3. The largest absolute Gasteiger partial charge is 0.431 e. The number of hydrogen-bond donors (Lipinski definition) is 1. The Morgan fingerprint density at radius 1 is 1.40 bits per heavy atom. The molecule has 0 saturated heterocycles. The number of anilines is 1. The zero-order valence-electron chi connectivity index (χ0n) is 8.52. The molecular formula is C11H13F2NO. The molecule has 2 nitrogen and oxygen atoms in total. The van der Waals surface area contributed by atoms with Crippen molar-refractivity contribution in [2.75, 3.05) is 11.9 Å². The van der Waals surface area contributed by atoms with Gasteiger partial charge in [-0.25, -0.2) is 0 Å². The molecule has 1 aromatic carbocycles. The highest BCUT2D eigenvalue weighted by atomic mass is 19.3. The summed E-state index contributed by atoms with van der Waals surface area (Å²) in [4.78, 5) is 0. The van der Waals surface area contributed by atoms with Crippen LogP contribution in [-0.2, 0) is 6.42 Å². The van der Waals surface area contributed by atoms with Crippen LogP contribution in [0.15, 0.2) is 18.2 Å². The van der Waals surface area contributed by atoms with Gasteiger partial charge in [0.25, 0.3) is 0 Å². The van der Waals surface area contributed by atoms with E-state index in [0.29, 0.717) is 5.69 Å². The van der Waals surface area contributed by atoms with Crippen LogP contribution < -0.4 is 10.1 Å². The molecule has 0 aromatic heterocycles. The topological polar surface area (TPSA) is 21.3 Å². The maximum absolute atomic E-state index is 12.7. The molecule has 0 saturated carbocycles. The summed E-state index contributed by atoms with van der Waals surface area (Å²) in [6, 6.07) is 5.24. The van der Waals surface area contributed by atoms with Gasteiger partial charge in [-0.2, -0.15) is 8.78 Å². The first kappa shape index (κ1) is 10.2. The summed E-state index contributed by atoms with van der Waals surface area (Å²) >= 11 is 0. The summed E-state index contributed by atoms with van der Waals surface area (Å²) in [5.41, 5.74) is 1.76. The Balaban J connectivity index is 2.31. The van der Waals surface area contributed by atoms with Crippen molar-refractivity contribution in [2.45, 2.75) is 25.9 Å². The van der Waals surface area contributed by atoms with Gasteiger partial charge in [-0.1, -0.05) is 12.1 Å². The van der Waals surface area contributed by atoms with Gasteiger partial charge in [-0.15, -0.1) is 0 Å². The zero-order valence-corrected chi connectivity index (χ0v) is 8.52. The molecule has 1 aliphatic rings. The van der Waals surface area contributed by atoms with Crippen molar-refractivity contribution < 1.29 is 13.5 Å².